The van der Waals surface area contributed by atoms with Crippen LogP contribution < -0.4 is 16.4 Å². The van der Waals surface area contributed by atoms with E-state index in [2.05, 4.69) is 10.6 Å². The number of amides is 2. The molecular weight excluding hydrogens is 302 g/mol. The maximum Gasteiger partial charge on any atom is 0.239 e. The molecule has 0 saturated heterocycles. The van der Waals surface area contributed by atoms with E-state index in [4.69, 9.17) is 5.73 Å². The highest BCUT2D eigenvalue weighted by Gasteiger charge is 2.18. The SMILES string of the molecule is Cc1ccc(CCC(=O)NCC(=O)NC(C)(C)CN)cc1.Cl. The predicted octanol–water partition coefficient (Wildman–Crippen LogP) is 1.32. The monoisotopic (exact) mass is 327 g/mol. The van der Waals surface area contributed by atoms with E-state index in [1.807, 2.05) is 45.0 Å². The Labute approximate surface area is 138 Å². The summed E-state index contributed by atoms with van der Waals surface area (Å²) in [4.78, 5) is 23.4. The van der Waals surface area contributed by atoms with Gasteiger partial charge in [-0.15, -0.1) is 12.4 Å². The Kier molecular flexibility index (Phi) is 8.75. The Balaban J connectivity index is 0.00000441. The van der Waals surface area contributed by atoms with Gasteiger partial charge in [0, 0.05) is 18.5 Å². The zero-order valence-corrected chi connectivity index (χ0v) is 14.3. The molecule has 1 rings (SSSR count). The topological polar surface area (TPSA) is 84.2 Å². The van der Waals surface area contributed by atoms with Crippen LogP contribution in [-0.2, 0) is 16.0 Å². The molecule has 22 heavy (non-hydrogen) atoms. The number of carbonyl (C=O) groups is 2. The van der Waals surface area contributed by atoms with Gasteiger partial charge in [-0.05, 0) is 32.8 Å². The quantitative estimate of drug-likeness (QED) is 0.706. The van der Waals surface area contributed by atoms with E-state index >= 15 is 0 Å². The van der Waals surface area contributed by atoms with Crippen molar-refractivity contribution in [3.05, 3.63) is 35.4 Å². The van der Waals surface area contributed by atoms with Crippen molar-refractivity contribution in [2.24, 2.45) is 5.73 Å². The van der Waals surface area contributed by atoms with E-state index < -0.39 is 5.54 Å². The minimum absolute atomic E-state index is 0. The molecule has 0 fully saturated rings. The van der Waals surface area contributed by atoms with Crippen LogP contribution in [0.2, 0.25) is 0 Å². The molecule has 0 spiro atoms. The number of nitrogens with two attached hydrogens (primary N) is 1. The van der Waals surface area contributed by atoms with Crippen LogP contribution in [0.5, 0.6) is 0 Å². The molecule has 1 aromatic rings. The van der Waals surface area contributed by atoms with Crippen LogP contribution in [0.1, 0.15) is 31.4 Å². The zero-order valence-electron chi connectivity index (χ0n) is 13.4. The molecule has 0 aliphatic rings. The molecule has 124 valence electrons. The molecule has 5 nitrogen and oxygen atoms in total. The lowest BCUT2D eigenvalue weighted by molar-refractivity contribution is -0.126. The van der Waals surface area contributed by atoms with Crippen molar-refractivity contribution >= 4 is 24.2 Å². The van der Waals surface area contributed by atoms with Crippen molar-refractivity contribution in [3.8, 4) is 0 Å². The molecule has 0 unspecified atom stereocenters. The molecule has 0 radical (unpaired) electrons. The van der Waals surface area contributed by atoms with E-state index in [9.17, 15) is 9.59 Å². The molecule has 0 aliphatic heterocycles. The second-order valence-electron chi connectivity index (χ2n) is 5.90. The van der Waals surface area contributed by atoms with Gasteiger partial charge in [0.25, 0.3) is 0 Å². The summed E-state index contributed by atoms with van der Waals surface area (Å²) >= 11 is 0. The highest BCUT2D eigenvalue weighted by Crippen LogP contribution is 2.05. The molecule has 0 atom stereocenters. The standard InChI is InChI=1S/C16H25N3O2.ClH/c1-12-4-6-13(7-5-12)8-9-14(20)18-10-15(21)19-16(2,3)11-17;/h4-7H,8-11,17H2,1-3H3,(H,18,20)(H,19,21);1H. The van der Waals surface area contributed by atoms with Gasteiger partial charge in [-0.1, -0.05) is 29.8 Å². The van der Waals surface area contributed by atoms with Crippen LogP contribution in [-0.4, -0.2) is 30.4 Å². The fraction of sp³-hybridized carbons (Fsp3) is 0.500. The highest BCUT2D eigenvalue weighted by molar-refractivity contribution is 5.85. The molecule has 0 saturated carbocycles. The lowest BCUT2D eigenvalue weighted by atomic mass is 10.1. The lowest BCUT2D eigenvalue weighted by Gasteiger charge is -2.24. The number of benzene rings is 1. The van der Waals surface area contributed by atoms with Crippen LogP contribution >= 0.6 is 12.4 Å². The molecule has 2 amide bonds. The van der Waals surface area contributed by atoms with Crippen molar-refractivity contribution in [1.82, 2.24) is 10.6 Å². The zero-order chi connectivity index (χ0) is 15.9. The van der Waals surface area contributed by atoms with Gasteiger partial charge in [-0.25, -0.2) is 0 Å². The van der Waals surface area contributed by atoms with Gasteiger partial charge in [0.05, 0.1) is 6.54 Å². The second kappa shape index (κ2) is 9.43. The normalized spacial score (nSPS) is 10.5. The molecule has 6 heteroatoms. The average molecular weight is 328 g/mol. The van der Waals surface area contributed by atoms with Gasteiger partial charge in [0.15, 0.2) is 0 Å². The number of halogens is 1. The van der Waals surface area contributed by atoms with Crippen LogP contribution in [0.25, 0.3) is 0 Å². The molecule has 1 aromatic carbocycles. The van der Waals surface area contributed by atoms with Gasteiger partial charge in [-0.2, -0.15) is 0 Å². The molecule has 0 aliphatic carbocycles. The maximum atomic E-state index is 11.7. The summed E-state index contributed by atoms with van der Waals surface area (Å²) in [5, 5.41) is 5.38. The third-order valence-corrected chi connectivity index (χ3v) is 3.20. The van der Waals surface area contributed by atoms with Gasteiger partial charge in [0.1, 0.15) is 0 Å². The predicted molar refractivity (Wildman–Crippen MR) is 91.0 cm³/mol. The Hall–Kier alpha value is -1.59. The minimum Gasteiger partial charge on any atom is -0.348 e. The first-order valence-electron chi connectivity index (χ1n) is 7.16. The Morgan fingerprint density at radius 1 is 1.14 bits per heavy atom. The first kappa shape index (κ1) is 20.4. The molecule has 0 aromatic heterocycles. The molecule has 4 N–H and O–H groups in total. The maximum absolute atomic E-state index is 11.7. The number of hydrogen-bond donors (Lipinski definition) is 3. The first-order chi connectivity index (χ1) is 9.82. The van der Waals surface area contributed by atoms with Gasteiger partial charge in [0.2, 0.25) is 11.8 Å². The van der Waals surface area contributed by atoms with Crippen molar-refractivity contribution in [2.75, 3.05) is 13.1 Å². The van der Waals surface area contributed by atoms with Crippen molar-refractivity contribution in [3.63, 3.8) is 0 Å². The summed E-state index contributed by atoms with van der Waals surface area (Å²) in [5.74, 6) is -0.356. The second-order valence-corrected chi connectivity index (χ2v) is 5.90. The van der Waals surface area contributed by atoms with E-state index in [-0.39, 0.29) is 30.8 Å². The number of rotatable bonds is 7. The Morgan fingerprint density at radius 2 is 1.73 bits per heavy atom. The third kappa shape index (κ3) is 8.00. The van der Waals surface area contributed by atoms with Crippen molar-refractivity contribution in [2.45, 2.75) is 39.2 Å². The van der Waals surface area contributed by atoms with Crippen LogP contribution in [0, 0.1) is 6.92 Å². The smallest absolute Gasteiger partial charge is 0.239 e. The number of nitrogens with one attached hydrogen (secondary N) is 2. The first-order valence-corrected chi connectivity index (χ1v) is 7.16. The minimum atomic E-state index is -0.455. The Morgan fingerprint density at radius 3 is 2.27 bits per heavy atom. The third-order valence-electron chi connectivity index (χ3n) is 3.20. The summed E-state index contributed by atoms with van der Waals surface area (Å²) in [7, 11) is 0. The van der Waals surface area contributed by atoms with E-state index in [0.717, 1.165) is 5.56 Å². The fourth-order valence-electron chi connectivity index (χ4n) is 1.75. The van der Waals surface area contributed by atoms with E-state index in [0.29, 0.717) is 19.4 Å². The molecular formula is C16H26ClN3O2. The fourth-order valence-corrected chi connectivity index (χ4v) is 1.75. The summed E-state index contributed by atoms with van der Waals surface area (Å²) < 4.78 is 0. The number of aryl methyl sites for hydroxylation is 2. The molecule has 0 bridgehead atoms. The largest absolute Gasteiger partial charge is 0.348 e. The van der Waals surface area contributed by atoms with Gasteiger partial charge < -0.3 is 16.4 Å². The number of hydrogen-bond acceptors (Lipinski definition) is 3. The summed E-state index contributed by atoms with van der Waals surface area (Å²) in [6.45, 7) is 6.03. The highest BCUT2D eigenvalue weighted by atomic mass is 35.5. The summed E-state index contributed by atoms with van der Waals surface area (Å²) in [6, 6.07) is 8.07. The summed E-state index contributed by atoms with van der Waals surface area (Å²) in [6.07, 6.45) is 1.04. The van der Waals surface area contributed by atoms with Crippen molar-refractivity contribution in [1.29, 1.82) is 0 Å². The van der Waals surface area contributed by atoms with Crippen LogP contribution in [0.15, 0.2) is 24.3 Å². The van der Waals surface area contributed by atoms with Crippen LogP contribution in [0.4, 0.5) is 0 Å². The van der Waals surface area contributed by atoms with E-state index in [1.54, 1.807) is 0 Å². The Bertz CT molecular complexity index is 487. The summed E-state index contributed by atoms with van der Waals surface area (Å²) in [5.41, 5.74) is 7.39. The van der Waals surface area contributed by atoms with Crippen molar-refractivity contribution < 1.29 is 9.59 Å². The van der Waals surface area contributed by atoms with Gasteiger partial charge in [-0.3, -0.25) is 9.59 Å². The lowest BCUT2D eigenvalue weighted by Crippen LogP contribution is -2.51. The average Bonchev–Trinajstić information content (AvgIpc) is 2.44. The number of carbonyl (C=O) groups excluding carboxylic acids is 2. The van der Waals surface area contributed by atoms with E-state index in [1.165, 1.54) is 5.56 Å². The van der Waals surface area contributed by atoms with Crippen LogP contribution in [0.3, 0.4) is 0 Å². The van der Waals surface area contributed by atoms with Gasteiger partial charge >= 0.3 is 0 Å². The molecule has 0 heterocycles.